The lowest BCUT2D eigenvalue weighted by atomic mass is 10.0. The maximum Gasteiger partial charge on any atom is 0.235 e. The highest BCUT2D eigenvalue weighted by Gasteiger charge is 2.21. The van der Waals surface area contributed by atoms with Crippen LogP contribution in [0.1, 0.15) is 21.5 Å². The minimum Gasteiger partial charge on any atom is -0.497 e. The second kappa shape index (κ2) is 8.89. The molecule has 1 aromatic heterocycles. The summed E-state index contributed by atoms with van der Waals surface area (Å²) < 4.78 is 17.0. The number of Topliss-reactive ketones (excluding diaryl/α,β-unsaturated/α-hetero) is 1. The summed E-state index contributed by atoms with van der Waals surface area (Å²) in [6.07, 6.45) is 0. The van der Waals surface area contributed by atoms with Gasteiger partial charge < -0.3 is 13.9 Å². The molecule has 0 aliphatic carbocycles. The van der Waals surface area contributed by atoms with Crippen molar-refractivity contribution in [1.29, 1.82) is 0 Å². The van der Waals surface area contributed by atoms with E-state index in [1.54, 1.807) is 61.7 Å². The van der Waals surface area contributed by atoms with E-state index in [0.29, 0.717) is 32.9 Å². The number of rotatable bonds is 6. The third-order valence-corrected chi connectivity index (χ3v) is 5.67. The molecule has 0 amide bonds. The number of aryl methyl sites for hydroxylation is 2. The zero-order chi connectivity index (χ0) is 22.8. The van der Waals surface area contributed by atoms with E-state index in [1.165, 1.54) is 0 Å². The molecule has 0 spiro atoms. The van der Waals surface area contributed by atoms with Crippen molar-refractivity contribution < 1.29 is 18.7 Å². The van der Waals surface area contributed by atoms with Crippen LogP contribution in [0, 0.1) is 13.8 Å². The number of benzene rings is 3. The summed E-state index contributed by atoms with van der Waals surface area (Å²) in [5, 5.41) is 0.793. The molecule has 32 heavy (non-hydrogen) atoms. The molecule has 6 heteroatoms. The Labute approximate surface area is 190 Å². The van der Waals surface area contributed by atoms with Crippen LogP contribution in [0.15, 0.2) is 69.9 Å². The monoisotopic (exact) mass is 448 g/mol. The second-order valence-corrected chi connectivity index (χ2v) is 7.85. The van der Waals surface area contributed by atoms with E-state index in [1.807, 2.05) is 19.9 Å². The van der Waals surface area contributed by atoms with Gasteiger partial charge in [0.2, 0.25) is 11.2 Å². The highest BCUT2D eigenvalue weighted by molar-refractivity contribution is 6.33. The van der Waals surface area contributed by atoms with Gasteiger partial charge >= 0.3 is 0 Å². The van der Waals surface area contributed by atoms with Crippen molar-refractivity contribution in [2.24, 2.45) is 0 Å². The quantitative estimate of drug-likeness (QED) is 0.338. The van der Waals surface area contributed by atoms with Gasteiger partial charge in [-0.15, -0.1) is 0 Å². The molecule has 0 bridgehead atoms. The van der Waals surface area contributed by atoms with Crippen LogP contribution < -0.4 is 14.9 Å². The van der Waals surface area contributed by atoms with Crippen LogP contribution in [0.3, 0.4) is 0 Å². The van der Waals surface area contributed by atoms with Gasteiger partial charge in [-0.3, -0.25) is 9.59 Å². The fraction of sp³-hybridized carbons (Fsp3) is 0.154. The van der Waals surface area contributed by atoms with E-state index in [-0.39, 0.29) is 29.3 Å². The predicted octanol–water partition coefficient (Wildman–Crippen LogP) is 6.00. The van der Waals surface area contributed by atoms with Crippen LogP contribution >= 0.6 is 11.6 Å². The van der Waals surface area contributed by atoms with Crippen LogP contribution in [0.5, 0.6) is 11.5 Å². The van der Waals surface area contributed by atoms with Crippen molar-refractivity contribution in [2.75, 3.05) is 13.7 Å². The van der Waals surface area contributed by atoms with Crippen LogP contribution in [0.25, 0.3) is 22.3 Å². The summed E-state index contributed by atoms with van der Waals surface area (Å²) in [7, 11) is 1.55. The Hall–Kier alpha value is -3.57. The second-order valence-electron chi connectivity index (χ2n) is 7.44. The standard InChI is InChI=1S/C26H21ClO5/c1-15-12-20-23(13-16(15)2)32-25(19-6-4-5-7-21(19)27)26(24(20)29)31-14-22(28)17-8-10-18(30-3)11-9-17/h4-13H,14H2,1-3H3. The Morgan fingerprint density at radius 1 is 1.00 bits per heavy atom. The number of hydrogen-bond acceptors (Lipinski definition) is 5. The minimum atomic E-state index is -0.355. The van der Waals surface area contributed by atoms with Crippen molar-refractivity contribution in [3.05, 3.63) is 92.6 Å². The van der Waals surface area contributed by atoms with Crippen molar-refractivity contribution in [1.82, 2.24) is 0 Å². The normalized spacial score (nSPS) is 10.9. The maximum absolute atomic E-state index is 13.4. The minimum absolute atomic E-state index is 0.0456. The largest absolute Gasteiger partial charge is 0.497 e. The molecule has 0 aliphatic heterocycles. The van der Waals surface area contributed by atoms with E-state index in [0.717, 1.165) is 11.1 Å². The summed E-state index contributed by atoms with van der Waals surface area (Å²) in [6.45, 7) is 3.54. The molecule has 162 valence electrons. The van der Waals surface area contributed by atoms with Crippen molar-refractivity contribution in [2.45, 2.75) is 13.8 Å². The summed E-state index contributed by atoms with van der Waals surface area (Å²) >= 11 is 6.38. The van der Waals surface area contributed by atoms with Crippen molar-refractivity contribution >= 4 is 28.4 Å². The number of ether oxygens (including phenoxy) is 2. The highest BCUT2D eigenvalue weighted by atomic mass is 35.5. The van der Waals surface area contributed by atoms with Crippen molar-refractivity contribution in [3.8, 4) is 22.8 Å². The summed E-state index contributed by atoms with van der Waals surface area (Å²) in [6, 6.07) is 17.3. The van der Waals surface area contributed by atoms with E-state index in [2.05, 4.69) is 0 Å². The SMILES string of the molecule is COc1ccc(C(=O)COc2c(-c3ccccc3Cl)oc3cc(C)c(C)cc3c2=O)cc1. The molecule has 0 N–H and O–H groups in total. The van der Waals surface area contributed by atoms with Gasteiger partial charge in [0.15, 0.2) is 18.2 Å². The smallest absolute Gasteiger partial charge is 0.235 e. The molecule has 0 radical (unpaired) electrons. The fourth-order valence-corrected chi connectivity index (χ4v) is 3.61. The van der Waals surface area contributed by atoms with Crippen LogP contribution in [-0.2, 0) is 0 Å². The lowest BCUT2D eigenvalue weighted by molar-refractivity contribution is 0.0920. The van der Waals surface area contributed by atoms with E-state index in [4.69, 9.17) is 25.5 Å². The zero-order valence-corrected chi connectivity index (χ0v) is 18.7. The first-order chi connectivity index (χ1) is 15.4. The van der Waals surface area contributed by atoms with Gasteiger partial charge in [0, 0.05) is 11.1 Å². The lowest BCUT2D eigenvalue weighted by Gasteiger charge is -2.13. The average molecular weight is 449 g/mol. The molecule has 4 aromatic rings. The average Bonchev–Trinajstić information content (AvgIpc) is 2.80. The first-order valence-electron chi connectivity index (χ1n) is 10.0. The third-order valence-electron chi connectivity index (χ3n) is 5.34. The molecule has 0 unspecified atom stereocenters. The predicted molar refractivity (Wildman–Crippen MR) is 125 cm³/mol. The van der Waals surface area contributed by atoms with Gasteiger partial charge in [-0.1, -0.05) is 23.7 Å². The first-order valence-corrected chi connectivity index (χ1v) is 10.4. The molecule has 5 nitrogen and oxygen atoms in total. The zero-order valence-electron chi connectivity index (χ0n) is 17.9. The molecule has 3 aromatic carbocycles. The van der Waals surface area contributed by atoms with Gasteiger partial charge in [0.1, 0.15) is 11.3 Å². The number of ketones is 1. The number of carbonyl (C=O) groups excluding carboxylic acids is 1. The van der Waals surface area contributed by atoms with Gasteiger partial charge in [-0.05, 0) is 73.5 Å². The van der Waals surface area contributed by atoms with Gasteiger partial charge in [-0.25, -0.2) is 0 Å². The van der Waals surface area contributed by atoms with Gasteiger partial charge in [0.25, 0.3) is 0 Å². The number of carbonyl (C=O) groups is 1. The molecule has 0 atom stereocenters. The lowest BCUT2D eigenvalue weighted by Crippen LogP contribution is -2.17. The van der Waals surface area contributed by atoms with Gasteiger partial charge in [0.05, 0.1) is 17.5 Å². The molecule has 4 rings (SSSR count). The first kappa shape index (κ1) is 21.7. The summed E-state index contributed by atoms with van der Waals surface area (Å²) in [5.74, 6) is 0.510. The Bertz CT molecular complexity index is 1370. The molecule has 1 heterocycles. The topological polar surface area (TPSA) is 65.7 Å². The molecule has 0 saturated heterocycles. The Morgan fingerprint density at radius 3 is 2.38 bits per heavy atom. The molecule has 0 fully saturated rings. The van der Waals surface area contributed by atoms with Crippen LogP contribution in [0.2, 0.25) is 5.02 Å². The number of halogens is 1. The number of fused-ring (bicyclic) bond motifs is 1. The Morgan fingerprint density at radius 2 is 1.69 bits per heavy atom. The molecule has 0 aliphatic rings. The van der Waals surface area contributed by atoms with Crippen molar-refractivity contribution in [3.63, 3.8) is 0 Å². The van der Waals surface area contributed by atoms with E-state index < -0.39 is 0 Å². The number of hydrogen-bond donors (Lipinski definition) is 0. The summed E-state index contributed by atoms with van der Waals surface area (Å²) in [5.41, 5.74) is 2.98. The maximum atomic E-state index is 13.4. The number of methoxy groups -OCH3 is 1. The van der Waals surface area contributed by atoms with Crippen LogP contribution in [0.4, 0.5) is 0 Å². The Balaban J connectivity index is 1.79. The fourth-order valence-electron chi connectivity index (χ4n) is 3.39. The molecule has 0 saturated carbocycles. The highest BCUT2D eigenvalue weighted by Crippen LogP contribution is 2.35. The molecular weight excluding hydrogens is 428 g/mol. The van der Waals surface area contributed by atoms with E-state index >= 15 is 0 Å². The van der Waals surface area contributed by atoms with Crippen LogP contribution in [-0.4, -0.2) is 19.5 Å². The van der Waals surface area contributed by atoms with E-state index in [9.17, 15) is 9.59 Å². The molecular formula is C26H21ClO5. The Kier molecular flexibility index (Phi) is 6.01. The summed E-state index contributed by atoms with van der Waals surface area (Å²) in [4.78, 5) is 26.1. The van der Waals surface area contributed by atoms with Gasteiger partial charge in [-0.2, -0.15) is 0 Å². The third kappa shape index (κ3) is 4.12.